The van der Waals surface area contributed by atoms with E-state index in [4.69, 9.17) is 14.7 Å². The molecule has 0 aromatic heterocycles. The second-order valence-corrected chi connectivity index (χ2v) is 4.76. The summed E-state index contributed by atoms with van der Waals surface area (Å²) in [7, 11) is 0. The quantitative estimate of drug-likeness (QED) is 0.581. The van der Waals surface area contributed by atoms with E-state index in [9.17, 15) is 4.79 Å². The van der Waals surface area contributed by atoms with Gasteiger partial charge in [-0.25, -0.2) is 0 Å². The van der Waals surface area contributed by atoms with Crippen molar-refractivity contribution in [2.24, 2.45) is 0 Å². The van der Waals surface area contributed by atoms with Crippen molar-refractivity contribution in [1.82, 2.24) is 0 Å². The van der Waals surface area contributed by atoms with Crippen LogP contribution in [0, 0.1) is 11.3 Å². The molecule has 0 heterocycles. The molecule has 0 saturated carbocycles. The maximum absolute atomic E-state index is 11.6. The van der Waals surface area contributed by atoms with Gasteiger partial charge in [0.1, 0.15) is 6.61 Å². The fourth-order valence-electron chi connectivity index (χ4n) is 1.83. The lowest BCUT2D eigenvalue weighted by Gasteiger charge is -2.06. The first-order valence-corrected chi connectivity index (χ1v) is 7.04. The van der Waals surface area contributed by atoms with Crippen molar-refractivity contribution in [3.05, 3.63) is 71.3 Å². The van der Waals surface area contributed by atoms with E-state index < -0.39 is 0 Å². The maximum atomic E-state index is 11.6. The predicted molar refractivity (Wildman–Crippen MR) is 81.7 cm³/mol. The number of nitriles is 1. The van der Waals surface area contributed by atoms with Crippen LogP contribution in [0.25, 0.3) is 0 Å². The molecular weight excluding hydrogens is 278 g/mol. The van der Waals surface area contributed by atoms with Crippen LogP contribution in [-0.2, 0) is 27.5 Å². The third-order valence-electron chi connectivity index (χ3n) is 3.04. The molecule has 4 nitrogen and oxygen atoms in total. The fourth-order valence-corrected chi connectivity index (χ4v) is 1.83. The highest BCUT2D eigenvalue weighted by molar-refractivity contribution is 5.69. The molecule has 0 aliphatic carbocycles. The summed E-state index contributed by atoms with van der Waals surface area (Å²) in [6.45, 7) is 1.04. The van der Waals surface area contributed by atoms with E-state index in [1.165, 1.54) is 0 Å². The van der Waals surface area contributed by atoms with Gasteiger partial charge in [-0.05, 0) is 23.3 Å². The highest BCUT2D eigenvalue weighted by Crippen LogP contribution is 2.06. The lowest BCUT2D eigenvalue weighted by Crippen LogP contribution is -2.08. The average Bonchev–Trinajstić information content (AvgIpc) is 2.58. The van der Waals surface area contributed by atoms with Crippen molar-refractivity contribution in [2.45, 2.75) is 19.6 Å². The number of benzene rings is 2. The van der Waals surface area contributed by atoms with Crippen LogP contribution in [0.15, 0.2) is 54.6 Å². The minimum atomic E-state index is -0.294. The van der Waals surface area contributed by atoms with Gasteiger partial charge in [0, 0.05) is 0 Å². The molecule has 0 bridgehead atoms. The SMILES string of the molecule is N#Cc1ccc(COC(=O)CCOCc2ccccc2)cc1. The molecule has 0 spiro atoms. The van der Waals surface area contributed by atoms with Gasteiger partial charge < -0.3 is 9.47 Å². The molecular formula is C18H17NO3. The summed E-state index contributed by atoms with van der Waals surface area (Å²) in [6.07, 6.45) is 0.225. The van der Waals surface area contributed by atoms with E-state index in [2.05, 4.69) is 0 Å². The van der Waals surface area contributed by atoms with Crippen molar-refractivity contribution in [3.63, 3.8) is 0 Å². The van der Waals surface area contributed by atoms with Crippen LogP contribution in [0.2, 0.25) is 0 Å². The minimum absolute atomic E-state index is 0.212. The van der Waals surface area contributed by atoms with Gasteiger partial charge in [-0.3, -0.25) is 4.79 Å². The van der Waals surface area contributed by atoms with Crippen LogP contribution in [0.5, 0.6) is 0 Å². The number of carbonyl (C=O) groups is 1. The van der Waals surface area contributed by atoms with Gasteiger partial charge >= 0.3 is 5.97 Å². The first kappa shape index (κ1) is 15.7. The molecule has 0 aliphatic heterocycles. The van der Waals surface area contributed by atoms with E-state index in [1.807, 2.05) is 36.4 Å². The number of rotatable bonds is 7. The van der Waals surface area contributed by atoms with Gasteiger partial charge in [-0.2, -0.15) is 5.26 Å². The molecule has 0 N–H and O–H groups in total. The van der Waals surface area contributed by atoms with Crippen molar-refractivity contribution in [3.8, 4) is 6.07 Å². The van der Waals surface area contributed by atoms with Crippen LogP contribution in [0.1, 0.15) is 23.1 Å². The summed E-state index contributed by atoms with van der Waals surface area (Å²) < 4.78 is 10.6. The average molecular weight is 295 g/mol. The number of carbonyl (C=O) groups excluding carboxylic acids is 1. The molecule has 2 rings (SSSR count). The normalized spacial score (nSPS) is 9.95. The Labute approximate surface area is 129 Å². The van der Waals surface area contributed by atoms with Crippen LogP contribution in [0.4, 0.5) is 0 Å². The summed E-state index contributed by atoms with van der Waals surface area (Å²) in [5.41, 5.74) is 2.52. The van der Waals surface area contributed by atoms with Gasteiger partial charge in [0.15, 0.2) is 0 Å². The van der Waals surface area contributed by atoms with Gasteiger partial charge in [-0.1, -0.05) is 42.5 Å². The number of esters is 1. The second-order valence-electron chi connectivity index (χ2n) is 4.76. The molecule has 0 fully saturated rings. The highest BCUT2D eigenvalue weighted by Gasteiger charge is 2.04. The number of hydrogen-bond acceptors (Lipinski definition) is 4. The Morgan fingerprint density at radius 3 is 2.32 bits per heavy atom. The van der Waals surface area contributed by atoms with Crippen LogP contribution >= 0.6 is 0 Å². The maximum Gasteiger partial charge on any atom is 0.308 e. The number of hydrogen-bond donors (Lipinski definition) is 0. The van der Waals surface area contributed by atoms with Crippen LogP contribution < -0.4 is 0 Å². The lowest BCUT2D eigenvalue weighted by atomic mass is 10.2. The molecule has 0 radical (unpaired) electrons. The molecule has 112 valence electrons. The first-order chi connectivity index (χ1) is 10.8. The van der Waals surface area contributed by atoms with Gasteiger partial charge in [0.05, 0.1) is 31.3 Å². The largest absolute Gasteiger partial charge is 0.461 e. The zero-order valence-corrected chi connectivity index (χ0v) is 12.2. The molecule has 22 heavy (non-hydrogen) atoms. The monoisotopic (exact) mass is 295 g/mol. The van der Waals surface area contributed by atoms with E-state index in [-0.39, 0.29) is 19.0 Å². The Kier molecular flexibility index (Phi) is 6.16. The summed E-state index contributed by atoms with van der Waals surface area (Å²) in [5, 5.41) is 8.70. The van der Waals surface area contributed by atoms with Crippen molar-refractivity contribution in [1.29, 1.82) is 5.26 Å². The van der Waals surface area contributed by atoms with E-state index in [0.717, 1.165) is 11.1 Å². The summed E-state index contributed by atoms with van der Waals surface area (Å²) in [5.74, 6) is -0.294. The van der Waals surface area contributed by atoms with Gasteiger partial charge in [0.25, 0.3) is 0 Å². The molecule has 2 aromatic rings. The summed E-state index contributed by atoms with van der Waals surface area (Å²) in [6, 6.07) is 18.8. The third-order valence-corrected chi connectivity index (χ3v) is 3.04. The summed E-state index contributed by atoms with van der Waals surface area (Å²) >= 11 is 0. The van der Waals surface area contributed by atoms with E-state index in [0.29, 0.717) is 18.8 Å². The molecule has 0 atom stereocenters. The Morgan fingerprint density at radius 2 is 1.64 bits per heavy atom. The van der Waals surface area contributed by atoms with Crippen molar-refractivity contribution < 1.29 is 14.3 Å². The van der Waals surface area contributed by atoms with E-state index >= 15 is 0 Å². The van der Waals surface area contributed by atoms with E-state index in [1.54, 1.807) is 24.3 Å². The number of ether oxygens (including phenoxy) is 2. The van der Waals surface area contributed by atoms with Crippen LogP contribution in [-0.4, -0.2) is 12.6 Å². The minimum Gasteiger partial charge on any atom is -0.461 e. The molecule has 0 saturated heterocycles. The summed E-state index contributed by atoms with van der Waals surface area (Å²) in [4.78, 5) is 11.6. The van der Waals surface area contributed by atoms with Crippen molar-refractivity contribution in [2.75, 3.05) is 6.61 Å². The molecule has 0 amide bonds. The Bertz CT molecular complexity index is 630. The Morgan fingerprint density at radius 1 is 0.955 bits per heavy atom. The van der Waals surface area contributed by atoms with Crippen molar-refractivity contribution >= 4 is 5.97 Å². The predicted octanol–water partition coefficient (Wildman–Crippen LogP) is 3.21. The topological polar surface area (TPSA) is 59.3 Å². The fraction of sp³-hybridized carbons (Fsp3) is 0.222. The zero-order chi connectivity index (χ0) is 15.6. The smallest absolute Gasteiger partial charge is 0.308 e. The standard InChI is InChI=1S/C18H17NO3/c19-12-15-6-8-17(9-7-15)14-22-18(20)10-11-21-13-16-4-2-1-3-5-16/h1-9H,10-11,13-14H2. The molecule has 0 aliphatic rings. The second kappa shape index (κ2) is 8.60. The molecule has 4 heteroatoms. The van der Waals surface area contributed by atoms with Gasteiger partial charge in [-0.15, -0.1) is 0 Å². The lowest BCUT2D eigenvalue weighted by molar-refractivity contribution is -0.146. The van der Waals surface area contributed by atoms with Crippen LogP contribution in [0.3, 0.4) is 0 Å². The number of nitrogens with zero attached hydrogens (tertiary/aromatic N) is 1. The Hall–Kier alpha value is -2.64. The highest BCUT2D eigenvalue weighted by atomic mass is 16.5. The first-order valence-electron chi connectivity index (χ1n) is 7.04. The molecule has 2 aromatic carbocycles. The third kappa shape index (κ3) is 5.39. The molecule has 0 unspecified atom stereocenters. The zero-order valence-electron chi connectivity index (χ0n) is 12.2. The Balaban J connectivity index is 1.62. The van der Waals surface area contributed by atoms with Gasteiger partial charge in [0.2, 0.25) is 0 Å².